The van der Waals surface area contributed by atoms with Crippen LogP contribution in [0.5, 0.6) is 5.75 Å². The molecule has 45 heavy (non-hydrogen) atoms. The lowest BCUT2D eigenvalue weighted by Crippen LogP contribution is -2.44. The van der Waals surface area contributed by atoms with Crippen molar-refractivity contribution in [3.63, 3.8) is 0 Å². The number of nitrogens with one attached hydrogen (secondary N) is 1. The Labute approximate surface area is 287 Å². The van der Waals surface area contributed by atoms with Crippen LogP contribution < -0.4 is 15.0 Å². The van der Waals surface area contributed by atoms with Crippen molar-refractivity contribution in [2.45, 2.75) is 70.7 Å². The van der Waals surface area contributed by atoms with Crippen LogP contribution in [0.1, 0.15) is 50.5 Å². The van der Waals surface area contributed by atoms with Crippen molar-refractivity contribution in [1.29, 1.82) is 0 Å². The van der Waals surface area contributed by atoms with Gasteiger partial charge in [-0.05, 0) is 63.8 Å². The molecule has 2 unspecified atom stereocenters. The van der Waals surface area contributed by atoms with Crippen LogP contribution in [-0.2, 0) is 22.5 Å². The summed E-state index contributed by atoms with van der Waals surface area (Å²) in [6.07, 6.45) is 4.18. The lowest BCUT2D eigenvalue weighted by atomic mass is 10.0. The highest BCUT2D eigenvalue weighted by molar-refractivity contribution is 7.15. The summed E-state index contributed by atoms with van der Waals surface area (Å²) in [7, 11) is 0. The Morgan fingerprint density at radius 2 is 1.76 bits per heavy atom. The number of amides is 2. The Hall–Kier alpha value is -2.43. The number of anilines is 1. The number of halogens is 4. The van der Waals surface area contributed by atoms with E-state index in [1.807, 2.05) is 23.2 Å². The second kappa shape index (κ2) is 14.6. The number of carbonyl (C=O) groups excluding carboxylic acids is 2. The van der Waals surface area contributed by atoms with E-state index in [1.165, 1.54) is 11.3 Å². The summed E-state index contributed by atoms with van der Waals surface area (Å²) in [6, 6.07) is 10.8. The highest BCUT2D eigenvalue weighted by Gasteiger charge is 2.37. The lowest BCUT2D eigenvalue weighted by molar-refractivity contribution is -0.136. The van der Waals surface area contributed by atoms with Crippen molar-refractivity contribution >= 4 is 74.9 Å². The van der Waals surface area contributed by atoms with E-state index < -0.39 is 17.6 Å². The second-order valence-corrected chi connectivity index (χ2v) is 15.0. The number of benzene rings is 2. The maximum Gasteiger partial charge on any atom is 0.407 e. The van der Waals surface area contributed by atoms with Crippen LogP contribution in [-0.4, -0.2) is 59.3 Å². The number of hydrogen-bond acceptors (Lipinski definition) is 7. The zero-order valence-electron chi connectivity index (χ0n) is 25.3. The number of carbonyl (C=O) groups is 2. The van der Waals surface area contributed by atoms with Gasteiger partial charge in [-0.1, -0.05) is 64.6 Å². The highest BCUT2D eigenvalue weighted by atomic mass is 35.5. The number of rotatable bonds is 11. The van der Waals surface area contributed by atoms with Gasteiger partial charge in [-0.2, -0.15) is 0 Å². The van der Waals surface area contributed by atoms with E-state index in [4.69, 9.17) is 55.9 Å². The second-order valence-electron chi connectivity index (χ2n) is 12.3. The molecular weight excluding hydrogens is 678 g/mol. The summed E-state index contributed by atoms with van der Waals surface area (Å²) >= 11 is 26.9. The molecule has 8 nitrogen and oxygen atoms in total. The highest BCUT2D eigenvalue weighted by Crippen LogP contribution is 2.37. The number of aromatic nitrogens is 1. The zero-order valence-corrected chi connectivity index (χ0v) is 29.2. The molecule has 13 heteroatoms. The third kappa shape index (κ3) is 9.10. The van der Waals surface area contributed by atoms with Crippen LogP contribution in [0.4, 0.5) is 9.93 Å². The molecule has 5 rings (SSSR count). The minimum absolute atomic E-state index is 0.0641. The van der Waals surface area contributed by atoms with Gasteiger partial charge in [0.15, 0.2) is 10.9 Å². The molecule has 3 aromatic rings. The van der Waals surface area contributed by atoms with Crippen molar-refractivity contribution < 1.29 is 19.1 Å². The topological polar surface area (TPSA) is 84.0 Å². The van der Waals surface area contributed by atoms with Gasteiger partial charge in [-0.25, -0.2) is 9.78 Å². The number of nitrogens with zero attached hydrogens (tertiary/aromatic N) is 3. The molecule has 0 bridgehead atoms. The van der Waals surface area contributed by atoms with Crippen molar-refractivity contribution in [2.24, 2.45) is 5.92 Å². The van der Waals surface area contributed by atoms with Gasteiger partial charge >= 0.3 is 6.09 Å². The van der Waals surface area contributed by atoms with Gasteiger partial charge in [0.05, 0.1) is 32.6 Å². The molecule has 2 fully saturated rings. The zero-order chi connectivity index (χ0) is 32.3. The molecule has 2 aromatic carbocycles. The van der Waals surface area contributed by atoms with Crippen molar-refractivity contribution in [3.8, 4) is 5.75 Å². The molecular formula is C32H36Cl4N4O4S. The van der Waals surface area contributed by atoms with E-state index in [1.54, 1.807) is 45.0 Å². The SMILES string of the molecule is CC(C)(C)OC(=O)NCC(Cc1cnc(N2CCC(Oc3c(Cl)cccc3Cl)C2)s1)C(=O)N(Cc1cccc(Cl)c1Cl)C1CC1. The Morgan fingerprint density at radius 1 is 1.07 bits per heavy atom. The van der Waals surface area contributed by atoms with Crippen molar-refractivity contribution in [2.75, 3.05) is 24.5 Å². The molecule has 1 N–H and O–H groups in total. The lowest BCUT2D eigenvalue weighted by Gasteiger charge is -2.28. The molecule has 1 aliphatic carbocycles. The number of alkyl carbamates (subject to hydrolysis) is 1. The van der Waals surface area contributed by atoms with E-state index in [0.717, 1.165) is 41.4 Å². The normalized spacial score (nSPS) is 17.2. The minimum Gasteiger partial charge on any atom is -0.485 e. The fourth-order valence-electron chi connectivity index (χ4n) is 5.17. The molecule has 242 valence electrons. The maximum atomic E-state index is 14.2. The smallest absolute Gasteiger partial charge is 0.407 e. The maximum absolute atomic E-state index is 14.2. The molecule has 2 amide bonds. The molecule has 2 heterocycles. The third-order valence-electron chi connectivity index (χ3n) is 7.49. The summed E-state index contributed by atoms with van der Waals surface area (Å²) in [5.74, 6) is -0.113. The van der Waals surface area contributed by atoms with E-state index in [9.17, 15) is 9.59 Å². The fraction of sp³-hybridized carbons (Fsp3) is 0.469. The van der Waals surface area contributed by atoms with Gasteiger partial charge in [0.25, 0.3) is 0 Å². The van der Waals surface area contributed by atoms with E-state index in [2.05, 4.69) is 15.2 Å². The monoisotopic (exact) mass is 712 g/mol. The number of ether oxygens (including phenoxy) is 2. The van der Waals surface area contributed by atoms with Crippen LogP contribution in [0.15, 0.2) is 42.6 Å². The van der Waals surface area contributed by atoms with Gasteiger partial charge in [0.2, 0.25) is 5.91 Å². The predicted molar refractivity (Wildman–Crippen MR) is 181 cm³/mol. The van der Waals surface area contributed by atoms with Gasteiger partial charge in [-0.15, -0.1) is 11.3 Å². The average Bonchev–Trinajstić information content (AvgIpc) is 3.51. The van der Waals surface area contributed by atoms with Gasteiger partial charge in [0.1, 0.15) is 11.7 Å². The largest absolute Gasteiger partial charge is 0.485 e. The first-order valence-corrected chi connectivity index (χ1v) is 17.2. The standard InChI is InChI=1S/C32H36Cl4N4O4S/c1-32(2,3)44-31(42)38-15-20(29(41)40(21-10-11-21)17-19-6-4-7-24(33)27(19)36)14-23-16-37-30(45-23)39-13-12-22(18-39)43-28-25(34)8-5-9-26(28)35/h4-9,16,20-22H,10-15,17-18H2,1-3H3,(H,38,42). The van der Waals surface area contributed by atoms with Gasteiger partial charge in [-0.3, -0.25) is 4.79 Å². The molecule has 2 aliphatic rings. The minimum atomic E-state index is -0.659. The summed E-state index contributed by atoms with van der Waals surface area (Å²) in [5.41, 5.74) is 0.126. The first-order valence-electron chi connectivity index (χ1n) is 14.9. The summed E-state index contributed by atoms with van der Waals surface area (Å²) in [4.78, 5) is 36.4. The third-order valence-corrected chi connectivity index (χ3v) is 10.0. The fourth-order valence-corrected chi connectivity index (χ4v) is 7.06. The van der Waals surface area contributed by atoms with Crippen LogP contribution in [0.2, 0.25) is 20.1 Å². The Kier molecular flexibility index (Phi) is 11.0. The molecule has 1 aromatic heterocycles. The van der Waals surface area contributed by atoms with Crippen LogP contribution in [0.25, 0.3) is 0 Å². The first kappa shape index (κ1) is 33.9. The molecule has 2 atom stereocenters. The first-order chi connectivity index (χ1) is 21.4. The Morgan fingerprint density at radius 3 is 2.44 bits per heavy atom. The van der Waals surface area contributed by atoms with E-state index in [0.29, 0.717) is 45.4 Å². The van der Waals surface area contributed by atoms with Crippen LogP contribution in [0.3, 0.4) is 0 Å². The summed E-state index contributed by atoms with van der Waals surface area (Å²) in [6.45, 7) is 7.25. The van der Waals surface area contributed by atoms with Gasteiger partial charge in [0, 0.05) is 43.2 Å². The van der Waals surface area contributed by atoms with E-state index in [-0.39, 0.29) is 24.6 Å². The molecule has 0 spiro atoms. The Balaban J connectivity index is 1.29. The summed E-state index contributed by atoms with van der Waals surface area (Å²) < 4.78 is 11.6. The molecule has 1 aliphatic heterocycles. The van der Waals surface area contributed by atoms with E-state index >= 15 is 0 Å². The van der Waals surface area contributed by atoms with Gasteiger partial charge < -0.3 is 24.6 Å². The summed E-state index contributed by atoms with van der Waals surface area (Å²) in [5, 5.41) is 5.51. The van der Waals surface area contributed by atoms with Crippen molar-refractivity contribution in [3.05, 3.63) is 73.1 Å². The number of para-hydroxylation sites is 1. The predicted octanol–water partition coefficient (Wildman–Crippen LogP) is 8.29. The van der Waals surface area contributed by atoms with Crippen molar-refractivity contribution in [1.82, 2.24) is 15.2 Å². The van der Waals surface area contributed by atoms with Crippen LogP contribution in [0, 0.1) is 5.92 Å². The quantitative estimate of drug-likeness (QED) is 0.215. The Bertz CT molecular complexity index is 1510. The van der Waals surface area contributed by atoms with Crippen LogP contribution >= 0.6 is 57.7 Å². The molecule has 1 saturated carbocycles. The molecule has 1 saturated heterocycles. The average molecular weight is 715 g/mol. The number of hydrogen-bond donors (Lipinski definition) is 1. The molecule has 0 radical (unpaired) electrons. The number of thiazole rings is 1.